The van der Waals surface area contributed by atoms with Crippen LogP contribution in [-0.2, 0) is 16.6 Å². The van der Waals surface area contributed by atoms with Gasteiger partial charge in [-0.25, -0.2) is 14.5 Å². The molecule has 0 spiro atoms. The molecule has 172 valence electrons. The number of nitrogens with zero attached hydrogens (tertiary/aromatic N) is 5. The van der Waals surface area contributed by atoms with Gasteiger partial charge >= 0.3 is 6.09 Å². The first-order valence-corrected chi connectivity index (χ1v) is 10.7. The molecule has 1 aliphatic carbocycles. The predicted molar refractivity (Wildman–Crippen MR) is 121 cm³/mol. The van der Waals surface area contributed by atoms with E-state index in [9.17, 15) is 9.59 Å². The number of nitrogens with one attached hydrogen (secondary N) is 2. The van der Waals surface area contributed by atoms with Gasteiger partial charge in [0.05, 0.1) is 17.6 Å². The molecule has 1 aliphatic rings. The topological polar surface area (TPSA) is 150 Å². The molecule has 0 radical (unpaired) electrons. The SMILES string of the molecule is C[C@@H](OC(=O)Nc1c(-c2ccc(NC(=O)[C@H]3C[C@H](N)C3)cn2)nnn1C)c1cccnc1Cl. The summed E-state index contributed by atoms with van der Waals surface area (Å²) in [5.74, 6) is 0.168. The van der Waals surface area contributed by atoms with Gasteiger partial charge in [0, 0.05) is 30.8 Å². The molecule has 12 heteroatoms. The molecule has 3 aromatic heterocycles. The Morgan fingerprint density at radius 1 is 1.24 bits per heavy atom. The molecule has 3 heterocycles. The van der Waals surface area contributed by atoms with Crippen LogP contribution in [0.25, 0.3) is 11.4 Å². The molecule has 1 atom stereocenters. The van der Waals surface area contributed by atoms with E-state index in [1.54, 1.807) is 44.4 Å². The minimum atomic E-state index is -0.711. The number of pyridine rings is 2. The number of anilines is 2. The average molecular weight is 471 g/mol. The van der Waals surface area contributed by atoms with Crippen LogP contribution in [0.15, 0.2) is 36.7 Å². The number of hydrogen-bond acceptors (Lipinski definition) is 8. The lowest BCUT2D eigenvalue weighted by atomic mass is 9.80. The first kappa shape index (κ1) is 22.6. The molecule has 1 saturated carbocycles. The van der Waals surface area contributed by atoms with E-state index in [0.717, 1.165) is 0 Å². The quantitative estimate of drug-likeness (QED) is 0.465. The summed E-state index contributed by atoms with van der Waals surface area (Å²) in [6.45, 7) is 1.69. The molecule has 3 aromatic rings. The van der Waals surface area contributed by atoms with Crippen molar-refractivity contribution >= 4 is 35.1 Å². The maximum atomic E-state index is 12.5. The Balaban J connectivity index is 1.42. The molecule has 4 rings (SSSR count). The summed E-state index contributed by atoms with van der Waals surface area (Å²) >= 11 is 6.07. The standard InChI is InChI=1S/C21H23ClN8O3/c1-11(15-4-3-7-24-18(15)22)33-21(32)27-19-17(28-29-30(19)2)16-6-5-14(10-25-16)26-20(31)12-8-13(23)9-12/h3-7,10-13H,8-9,23H2,1-2H3,(H,26,31)(H,27,32)/t11-,12-,13-/m1/s1. The van der Waals surface area contributed by atoms with E-state index in [1.165, 1.54) is 10.9 Å². The van der Waals surface area contributed by atoms with Crippen molar-refractivity contribution in [2.24, 2.45) is 18.7 Å². The normalized spacial score (nSPS) is 18.2. The van der Waals surface area contributed by atoms with Crippen LogP contribution in [0.3, 0.4) is 0 Å². The fourth-order valence-electron chi connectivity index (χ4n) is 3.45. The van der Waals surface area contributed by atoms with Gasteiger partial charge in [-0.1, -0.05) is 22.9 Å². The molecule has 2 amide bonds. The summed E-state index contributed by atoms with van der Waals surface area (Å²) in [5, 5.41) is 13.8. The van der Waals surface area contributed by atoms with Crippen LogP contribution in [0.2, 0.25) is 5.15 Å². The van der Waals surface area contributed by atoms with Gasteiger partial charge in [0.25, 0.3) is 0 Å². The fraction of sp³-hybridized carbons (Fsp3) is 0.333. The maximum Gasteiger partial charge on any atom is 0.413 e. The summed E-state index contributed by atoms with van der Waals surface area (Å²) in [6.07, 6.45) is 3.12. The largest absolute Gasteiger partial charge is 0.441 e. The number of amides is 2. The number of ether oxygens (including phenoxy) is 1. The van der Waals surface area contributed by atoms with Crippen LogP contribution >= 0.6 is 11.6 Å². The zero-order valence-electron chi connectivity index (χ0n) is 18.0. The van der Waals surface area contributed by atoms with Gasteiger partial charge in [0.2, 0.25) is 5.91 Å². The summed E-state index contributed by atoms with van der Waals surface area (Å²) < 4.78 is 6.82. The maximum absolute atomic E-state index is 12.5. The van der Waals surface area contributed by atoms with E-state index in [0.29, 0.717) is 41.3 Å². The second-order valence-electron chi connectivity index (χ2n) is 7.82. The number of carbonyl (C=O) groups is 2. The number of halogens is 1. The third-order valence-electron chi connectivity index (χ3n) is 5.38. The first-order chi connectivity index (χ1) is 15.8. The summed E-state index contributed by atoms with van der Waals surface area (Å²) in [5.41, 5.74) is 7.70. The van der Waals surface area contributed by atoms with E-state index in [-0.39, 0.29) is 23.0 Å². The summed E-state index contributed by atoms with van der Waals surface area (Å²) in [4.78, 5) is 33.0. The van der Waals surface area contributed by atoms with Crippen molar-refractivity contribution in [1.82, 2.24) is 25.0 Å². The van der Waals surface area contributed by atoms with Crippen LogP contribution in [-0.4, -0.2) is 43.0 Å². The number of aryl methyl sites for hydroxylation is 1. The van der Waals surface area contributed by atoms with Crippen molar-refractivity contribution in [1.29, 1.82) is 0 Å². The molecular weight excluding hydrogens is 448 g/mol. The van der Waals surface area contributed by atoms with Gasteiger partial charge in [-0.3, -0.25) is 15.1 Å². The predicted octanol–water partition coefficient (Wildman–Crippen LogP) is 2.91. The third kappa shape index (κ3) is 5.10. The Kier molecular flexibility index (Phi) is 6.52. The Bertz CT molecular complexity index is 1160. The minimum Gasteiger partial charge on any atom is -0.441 e. The first-order valence-electron chi connectivity index (χ1n) is 10.3. The fourth-order valence-corrected chi connectivity index (χ4v) is 3.72. The highest BCUT2D eigenvalue weighted by atomic mass is 35.5. The highest BCUT2D eigenvalue weighted by Gasteiger charge is 2.32. The zero-order valence-corrected chi connectivity index (χ0v) is 18.8. The molecule has 0 bridgehead atoms. The van der Waals surface area contributed by atoms with Gasteiger partial charge in [0.15, 0.2) is 11.5 Å². The van der Waals surface area contributed by atoms with Gasteiger partial charge in [-0.15, -0.1) is 5.10 Å². The van der Waals surface area contributed by atoms with Crippen molar-refractivity contribution < 1.29 is 14.3 Å². The van der Waals surface area contributed by atoms with Crippen molar-refractivity contribution in [3.8, 4) is 11.4 Å². The van der Waals surface area contributed by atoms with Crippen LogP contribution in [0.5, 0.6) is 0 Å². The average Bonchev–Trinajstić information content (AvgIpc) is 3.12. The van der Waals surface area contributed by atoms with E-state index < -0.39 is 12.2 Å². The number of aromatic nitrogens is 5. The zero-order chi connectivity index (χ0) is 23.5. The minimum absolute atomic E-state index is 0.0644. The lowest BCUT2D eigenvalue weighted by Crippen LogP contribution is -2.42. The Morgan fingerprint density at radius 2 is 2.03 bits per heavy atom. The Labute approximate surface area is 194 Å². The van der Waals surface area contributed by atoms with Crippen LogP contribution < -0.4 is 16.4 Å². The van der Waals surface area contributed by atoms with Gasteiger partial charge in [0.1, 0.15) is 11.3 Å². The van der Waals surface area contributed by atoms with E-state index >= 15 is 0 Å². The molecule has 0 saturated heterocycles. The molecule has 4 N–H and O–H groups in total. The molecular formula is C21H23ClN8O3. The van der Waals surface area contributed by atoms with Crippen molar-refractivity contribution in [2.45, 2.75) is 31.9 Å². The molecule has 0 aliphatic heterocycles. The van der Waals surface area contributed by atoms with Crippen molar-refractivity contribution in [2.75, 3.05) is 10.6 Å². The van der Waals surface area contributed by atoms with E-state index in [1.807, 2.05) is 0 Å². The van der Waals surface area contributed by atoms with Gasteiger partial charge in [-0.2, -0.15) is 0 Å². The highest BCUT2D eigenvalue weighted by Crippen LogP contribution is 2.28. The van der Waals surface area contributed by atoms with E-state index in [2.05, 4.69) is 30.9 Å². The molecule has 0 unspecified atom stereocenters. The molecule has 0 aromatic carbocycles. The smallest absolute Gasteiger partial charge is 0.413 e. The molecule has 11 nitrogen and oxygen atoms in total. The lowest BCUT2D eigenvalue weighted by molar-refractivity contribution is -0.122. The van der Waals surface area contributed by atoms with Gasteiger partial charge < -0.3 is 15.8 Å². The second-order valence-corrected chi connectivity index (χ2v) is 8.17. The number of hydrogen-bond donors (Lipinski definition) is 3. The van der Waals surface area contributed by atoms with Crippen LogP contribution in [0.4, 0.5) is 16.3 Å². The number of rotatable bonds is 6. The van der Waals surface area contributed by atoms with Crippen LogP contribution in [0, 0.1) is 5.92 Å². The summed E-state index contributed by atoms with van der Waals surface area (Å²) in [7, 11) is 1.63. The van der Waals surface area contributed by atoms with Crippen molar-refractivity contribution in [3.05, 3.63) is 47.4 Å². The highest BCUT2D eigenvalue weighted by molar-refractivity contribution is 6.30. The van der Waals surface area contributed by atoms with E-state index in [4.69, 9.17) is 22.1 Å². The number of nitrogens with two attached hydrogens (primary N) is 1. The van der Waals surface area contributed by atoms with Crippen molar-refractivity contribution in [3.63, 3.8) is 0 Å². The van der Waals surface area contributed by atoms with Gasteiger partial charge in [-0.05, 0) is 38.0 Å². The number of carbonyl (C=O) groups excluding carboxylic acids is 2. The second kappa shape index (κ2) is 9.51. The van der Waals surface area contributed by atoms with Crippen LogP contribution in [0.1, 0.15) is 31.4 Å². The monoisotopic (exact) mass is 470 g/mol. The Hall–Kier alpha value is -3.57. The Morgan fingerprint density at radius 3 is 2.70 bits per heavy atom. The molecule has 33 heavy (non-hydrogen) atoms. The lowest BCUT2D eigenvalue weighted by Gasteiger charge is -2.30. The summed E-state index contributed by atoms with van der Waals surface area (Å²) in [6, 6.07) is 6.93. The molecule has 1 fully saturated rings. The third-order valence-corrected chi connectivity index (χ3v) is 5.69.